The second-order valence-corrected chi connectivity index (χ2v) is 3.37. The number of benzene rings is 1. The zero-order valence-corrected chi connectivity index (χ0v) is 10.9. The van der Waals surface area contributed by atoms with Crippen LogP contribution in [0.25, 0.3) is 0 Å². The average Bonchev–Trinajstić information content (AvgIpc) is 2.16. The lowest BCUT2D eigenvalue weighted by Crippen LogP contribution is -2.13. The predicted molar refractivity (Wildman–Crippen MR) is 70.9 cm³/mol. The highest BCUT2D eigenvalue weighted by Gasteiger charge is 2.03. The normalized spacial score (nSPS) is 8.69. The summed E-state index contributed by atoms with van der Waals surface area (Å²) >= 11 is 0. The van der Waals surface area contributed by atoms with Crippen molar-refractivity contribution in [2.75, 3.05) is 19.5 Å². The molecule has 0 saturated carbocycles. The van der Waals surface area contributed by atoms with Gasteiger partial charge in [-0.05, 0) is 37.9 Å². The number of hydrogen-bond acceptors (Lipinski definition) is 4. The van der Waals surface area contributed by atoms with Crippen LogP contribution in [0.5, 0.6) is 0 Å². The van der Waals surface area contributed by atoms with Gasteiger partial charge >= 0.3 is 0 Å². The second kappa shape index (κ2) is 8.20. The summed E-state index contributed by atoms with van der Waals surface area (Å²) < 4.78 is 0. The van der Waals surface area contributed by atoms with Crippen LogP contribution in [0.2, 0.25) is 0 Å². The van der Waals surface area contributed by atoms with Crippen molar-refractivity contribution in [1.29, 1.82) is 5.26 Å². The van der Waals surface area contributed by atoms with Crippen molar-refractivity contribution in [2.24, 2.45) is 5.84 Å². The molecule has 0 saturated heterocycles. The van der Waals surface area contributed by atoms with Crippen molar-refractivity contribution in [3.8, 4) is 6.07 Å². The number of nitriles is 1. The molecule has 3 N–H and O–H groups in total. The molecule has 1 aromatic rings. The predicted octanol–water partition coefficient (Wildman–Crippen LogP) is 1.75. The topological polar surface area (TPSA) is 65.1 Å². The Morgan fingerprint density at radius 1 is 1.38 bits per heavy atom. The molecule has 4 nitrogen and oxygen atoms in total. The number of anilines is 1. The smallest absolute Gasteiger partial charge is 0.0995 e. The molecular formula is C10H16Cl2N4. The summed E-state index contributed by atoms with van der Waals surface area (Å²) in [6, 6.07) is 7.61. The zero-order chi connectivity index (χ0) is 10.6. The van der Waals surface area contributed by atoms with Crippen LogP contribution in [0.4, 0.5) is 5.69 Å². The molecule has 1 rings (SSSR count). The molecule has 0 atom stereocenters. The van der Waals surface area contributed by atoms with Crippen molar-refractivity contribution < 1.29 is 0 Å². The van der Waals surface area contributed by atoms with Crippen LogP contribution in [0.15, 0.2) is 18.2 Å². The highest BCUT2D eigenvalue weighted by Crippen LogP contribution is 2.15. The minimum absolute atomic E-state index is 0. The SMILES string of the molecule is CN(C)Cc1cc(NN)ccc1C#N.Cl.Cl. The molecule has 0 radical (unpaired) electrons. The first-order valence-electron chi connectivity index (χ1n) is 4.31. The lowest BCUT2D eigenvalue weighted by molar-refractivity contribution is 0.402. The van der Waals surface area contributed by atoms with Gasteiger partial charge in [-0.15, -0.1) is 24.8 Å². The third-order valence-corrected chi connectivity index (χ3v) is 1.88. The van der Waals surface area contributed by atoms with E-state index in [9.17, 15) is 0 Å². The van der Waals surface area contributed by atoms with E-state index in [2.05, 4.69) is 11.5 Å². The summed E-state index contributed by atoms with van der Waals surface area (Å²) in [6.07, 6.45) is 0. The quantitative estimate of drug-likeness (QED) is 0.644. The molecule has 0 unspecified atom stereocenters. The summed E-state index contributed by atoms with van der Waals surface area (Å²) in [5.41, 5.74) is 5.06. The van der Waals surface area contributed by atoms with E-state index in [1.807, 2.05) is 25.1 Å². The monoisotopic (exact) mass is 262 g/mol. The molecule has 6 heteroatoms. The number of nitrogen functional groups attached to an aromatic ring is 1. The van der Waals surface area contributed by atoms with Crippen LogP contribution < -0.4 is 11.3 Å². The van der Waals surface area contributed by atoms with Crippen molar-refractivity contribution in [3.05, 3.63) is 29.3 Å². The number of hydrazine groups is 1. The van der Waals surface area contributed by atoms with Crippen LogP contribution in [-0.4, -0.2) is 19.0 Å². The number of nitrogens with one attached hydrogen (secondary N) is 1. The molecule has 1 aromatic carbocycles. The molecule has 0 spiro atoms. The zero-order valence-electron chi connectivity index (χ0n) is 9.23. The Kier molecular flexibility index (Phi) is 8.92. The van der Waals surface area contributed by atoms with E-state index >= 15 is 0 Å². The first kappa shape index (κ1) is 17.4. The van der Waals surface area contributed by atoms with Gasteiger partial charge in [0.05, 0.1) is 11.6 Å². The molecule has 0 bridgehead atoms. The minimum atomic E-state index is 0. The van der Waals surface area contributed by atoms with Gasteiger partial charge in [0.15, 0.2) is 0 Å². The summed E-state index contributed by atoms with van der Waals surface area (Å²) in [5.74, 6) is 5.29. The fraction of sp³-hybridized carbons (Fsp3) is 0.300. The minimum Gasteiger partial charge on any atom is -0.324 e. The first-order chi connectivity index (χ1) is 6.67. The van der Waals surface area contributed by atoms with Gasteiger partial charge in [-0.3, -0.25) is 5.84 Å². The average molecular weight is 263 g/mol. The molecule has 0 aliphatic carbocycles. The van der Waals surface area contributed by atoms with E-state index < -0.39 is 0 Å². The maximum absolute atomic E-state index is 8.87. The van der Waals surface area contributed by atoms with E-state index in [4.69, 9.17) is 11.1 Å². The van der Waals surface area contributed by atoms with Crippen LogP contribution in [0.3, 0.4) is 0 Å². The Hall–Kier alpha value is -0.990. The number of halogens is 2. The van der Waals surface area contributed by atoms with Crippen LogP contribution >= 0.6 is 24.8 Å². The van der Waals surface area contributed by atoms with E-state index in [0.717, 1.165) is 17.8 Å². The highest BCUT2D eigenvalue weighted by atomic mass is 35.5. The van der Waals surface area contributed by atoms with E-state index in [1.54, 1.807) is 12.1 Å². The Balaban J connectivity index is 0. The van der Waals surface area contributed by atoms with Gasteiger partial charge in [0.2, 0.25) is 0 Å². The Morgan fingerprint density at radius 2 is 2.00 bits per heavy atom. The molecule has 16 heavy (non-hydrogen) atoms. The van der Waals surface area contributed by atoms with Crippen molar-refractivity contribution in [3.63, 3.8) is 0 Å². The number of hydrogen-bond donors (Lipinski definition) is 2. The second-order valence-electron chi connectivity index (χ2n) is 3.37. The molecule has 0 heterocycles. The largest absolute Gasteiger partial charge is 0.324 e. The Morgan fingerprint density at radius 3 is 2.44 bits per heavy atom. The molecule has 0 aliphatic heterocycles. The third kappa shape index (κ3) is 4.69. The summed E-state index contributed by atoms with van der Waals surface area (Å²) in [6.45, 7) is 0.735. The van der Waals surface area contributed by atoms with Gasteiger partial charge in [-0.25, -0.2) is 0 Å². The summed E-state index contributed by atoms with van der Waals surface area (Å²) in [7, 11) is 3.92. The molecule has 0 amide bonds. The summed E-state index contributed by atoms with van der Waals surface area (Å²) in [5, 5.41) is 8.87. The van der Waals surface area contributed by atoms with Crippen molar-refractivity contribution in [1.82, 2.24) is 4.90 Å². The lowest BCUT2D eigenvalue weighted by atomic mass is 10.1. The molecule has 0 aromatic heterocycles. The van der Waals surface area contributed by atoms with Crippen molar-refractivity contribution in [2.45, 2.75) is 6.54 Å². The van der Waals surface area contributed by atoms with Gasteiger partial charge in [0, 0.05) is 12.2 Å². The molecule has 0 aliphatic rings. The van der Waals surface area contributed by atoms with Gasteiger partial charge in [0.25, 0.3) is 0 Å². The molecule has 0 fully saturated rings. The number of nitrogens with zero attached hydrogens (tertiary/aromatic N) is 2. The van der Waals surface area contributed by atoms with Crippen LogP contribution in [0, 0.1) is 11.3 Å². The van der Waals surface area contributed by atoms with E-state index in [1.165, 1.54) is 0 Å². The lowest BCUT2D eigenvalue weighted by Gasteiger charge is -2.12. The fourth-order valence-electron chi connectivity index (χ4n) is 1.26. The van der Waals surface area contributed by atoms with Crippen molar-refractivity contribution >= 4 is 30.5 Å². The van der Waals surface area contributed by atoms with Gasteiger partial charge < -0.3 is 10.3 Å². The van der Waals surface area contributed by atoms with E-state index in [0.29, 0.717) is 5.56 Å². The Bertz CT molecular complexity index is 360. The maximum Gasteiger partial charge on any atom is 0.0995 e. The van der Waals surface area contributed by atoms with Crippen LogP contribution in [-0.2, 0) is 6.54 Å². The van der Waals surface area contributed by atoms with E-state index in [-0.39, 0.29) is 24.8 Å². The first-order valence-corrected chi connectivity index (χ1v) is 4.31. The molecule has 90 valence electrons. The number of nitrogens with two attached hydrogens (primary N) is 1. The van der Waals surface area contributed by atoms with Crippen LogP contribution in [0.1, 0.15) is 11.1 Å². The standard InChI is InChI=1S/C10H14N4.2ClH/c1-14(2)7-9-5-10(13-12)4-3-8(9)6-11;;/h3-5,13H,7,12H2,1-2H3;2*1H. The third-order valence-electron chi connectivity index (χ3n) is 1.88. The maximum atomic E-state index is 8.87. The van der Waals surface area contributed by atoms with Gasteiger partial charge in [0.1, 0.15) is 0 Å². The highest BCUT2D eigenvalue weighted by molar-refractivity contribution is 5.85. The summed E-state index contributed by atoms with van der Waals surface area (Å²) in [4.78, 5) is 2.01. The van der Waals surface area contributed by atoms with Gasteiger partial charge in [-0.1, -0.05) is 0 Å². The molecular weight excluding hydrogens is 247 g/mol. The Labute approximate surface area is 108 Å². The number of rotatable bonds is 3. The fourth-order valence-corrected chi connectivity index (χ4v) is 1.26. The van der Waals surface area contributed by atoms with Gasteiger partial charge in [-0.2, -0.15) is 5.26 Å².